The minimum atomic E-state index is -1.01. The van der Waals surface area contributed by atoms with Crippen molar-refractivity contribution in [3.63, 3.8) is 0 Å². The molecule has 0 amide bonds. The summed E-state index contributed by atoms with van der Waals surface area (Å²) in [5, 5.41) is 0. The quantitative estimate of drug-likeness (QED) is 0.0803. The standard InChI is InChI=1S/C131H92/c1-87-35-30-62-125-127(87)129-126(64-63-124-128(129)122-60-28-29-61-123(122)130(124,2)3)131(125,120-83-116(100-56-31-52-96(65-100)112-73-104(88-36-12-4-13-37-88)69-105(74-112)89-38-14-5-15-39-89)81-117(84-120)101-57-32-53-97(66-101)113-75-106(90-40-16-6-17-41-90)70-107(76-113)91-42-18-7-19-43-91)121-85-118(102-58-33-54-98(67-102)114-77-108(92-44-20-8-21-45-92)71-109(78-114)93-46-22-9-23-47-93)82-119(86-121)103-59-34-55-99(68-103)115-79-110(94-48-24-10-25-49-94)72-111(80-115)95-50-26-11-27-51-95/h4-86H,1-3H3. The summed E-state index contributed by atoms with van der Waals surface area (Å²) >= 11 is 0. The maximum Gasteiger partial charge on any atom is 0.0714 e. The summed E-state index contributed by atoms with van der Waals surface area (Å²) in [4.78, 5) is 0. The maximum absolute atomic E-state index is 2.59. The Balaban J connectivity index is 0.812. The maximum atomic E-state index is 2.59. The SMILES string of the molecule is Cc1cccc2c1-c1c(ccc3c1-c1ccccc1C3(C)C)C2(c1cc(-c2cccc(-c3cc(-c4ccccc4)cc(-c4ccccc4)c3)c2)cc(-c2cccc(-c3cc(-c4ccccc4)cc(-c4ccccc4)c3)c2)c1)c1cc(-c2cccc(-c3cc(-c4ccccc4)cc(-c4ccccc4)c3)c2)cc(-c2cccc(-c3cc(-c4ccccc4)cc(-c4ccccc4)c3)c2)c1. The lowest BCUT2D eigenvalue weighted by molar-refractivity contribution is 0.659. The van der Waals surface area contributed by atoms with Gasteiger partial charge in [-0.1, -0.05) is 384 Å². The van der Waals surface area contributed by atoms with Gasteiger partial charge in [0, 0.05) is 5.41 Å². The fourth-order valence-corrected chi connectivity index (χ4v) is 21.0. The molecule has 0 atom stereocenters. The van der Waals surface area contributed by atoms with Crippen molar-refractivity contribution in [3.8, 4) is 200 Å². The molecule has 0 N–H and O–H groups in total. The highest BCUT2D eigenvalue weighted by Gasteiger charge is 2.51. The largest absolute Gasteiger partial charge is 0.0714 e. The van der Waals surface area contributed by atoms with E-state index in [4.69, 9.17) is 0 Å². The minimum absolute atomic E-state index is 0.294. The minimum Gasteiger partial charge on any atom is -0.0622 e. The summed E-state index contributed by atoms with van der Waals surface area (Å²) in [5.74, 6) is 0. The number of hydrogen-bond acceptors (Lipinski definition) is 0. The molecule has 0 radical (unpaired) electrons. The van der Waals surface area contributed by atoms with Gasteiger partial charge in [0.05, 0.1) is 5.41 Å². The van der Waals surface area contributed by atoms with Crippen molar-refractivity contribution in [1.82, 2.24) is 0 Å². The van der Waals surface area contributed by atoms with Gasteiger partial charge in [-0.25, -0.2) is 0 Å². The lowest BCUT2D eigenvalue weighted by Gasteiger charge is -2.36. The first kappa shape index (κ1) is 79.3. The lowest BCUT2D eigenvalue weighted by atomic mass is 9.65. The molecular formula is C131H92. The van der Waals surface area contributed by atoms with Gasteiger partial charge in [-0.3, -0.25) is 0 Å². The molecule has 23 rings (SSSR count). The second kappa shape index (κ2) is 33.4. The Kier molecular flexibility index (Phi) is 20.2. The van der Waals surface area contributed by atoms with Crippen LogP contribution in [0.5, 0.6) is 0 Å². The first-order valence-electron chi connectivity index (χ1n) is 45.7. The molecule has 0 spiro atoms. The molecule has 0 saturated carbocycles. The Labute approximate surface area is 768 Å². The molecule has 0 aromatic heterocycles. The molecule has 0 nitrogen and oxygen atoms in total. The Morgan fingerprint density at radius 2 is 0.313 bits per heavy atom. The molecule has 0 fully saturated rings. The average Bonchev–Trinajstić information content (AvgIpc) is 1.51. The van der Waals surface area contributed by atoms with Crippen molar-refractivity contribution in [3.05, 3.63) is 542 Å². The van der Waals surface area contributed by atoms with Crippen LogP contribution in [0.1, 0.15) is 52.8 Å². The molecule has 2 aliphatic carbocycles. The molecule has 2 aliphatic rings. The summed E-state index contributed by atoms with van der Waals surface area (Å²) in [6, 6.07) is 190. The van der Waals surface area contributed by atoms with Crippen molar-refractivity contribution in [2.24, 2.45) is 0 Å². The fraction of sp³-hybridized carbons (Fsp3) is 0.0382. The van der Waals surface area contributed by atoms with Gasteiger partial charge in [0.2, 0.25) is 0 Å². The molecular weight excluding hydrogens is 1570 g/mol. The highest BCUT2D eigenvalue weighted by atomic mass is 14.5. The van der Waals surface area contributed by atoms with Crippen LogP contribution in [0.4, 0.5) is 0 Å². The van der Waals surface area contributed by atoms with Crippen LogP contribution in [-0.2, 0) is 10.8 Å². The second-order valence-electron chi connectivity index (χ2n) is 35.9. The van der Waals surface area contributed by atoms with Crippen LogP contribution in [0.25, 0.3) is 200 Å². The van der Waals surface area contributed by atoms with E-state index in [-0.39, 0.29) is 5.41 Å². The molecule has 131 heavy (non-hydrogen) atoms. The zero-order chi connectivity index (χ0) is 87.5. The highest BCUT2D eigenvalue weighted by Crippen LogP contribution is 2.64. The molecule has 21 aromatic rings. The summed E-state index contributed by atoms with van der Waals surface area (Å²) in [7, 11) is 0. The molecule has 0 saturated heterocycles. The van der Waals surface area contributed by atoms with E-state index in [2.05, 4.69) is 524 Å². The van der Waals surface area contributed by atoms with E-state index in [9.17, 15) is 0 Å². The average molecular weight is 1670 g/mol. The highest BCUT2D eigenvalue weighted by molar-refractivity contribution is 6.03. The van der Waals surface area contributed by atoms with Gasteiger partial charge in [-0.15, -0.1) is 0 Å². The van der Waals surface area contributed by atoms with E-state index in [1.54, 1.807) is 0 Å². The smallest absolute Gasteiger partial charge is 0.0622 e. The van der Waals surface area contributed by atoms with Crippen molar-refractivity contribution >= 4 is 0 Å². The van der Waals surface area contributed by atoms with Crippen LogP contribution in [0.15, 0.2) is 504 Å². The van der Waals surface area contributed by atoms with E-state index in [1.165, 1.54) is 139 Å². The molecule has 0 unspecified atom stereocenters. The second-order valence-corrected chi connectivity index (χ2v) is 35.9. The molecule has 0 bridgehead atoms. The predicted octanol–water partition coefficient (Wildman–Crippen LogP) is 35.3. The Hall–Kier alpha value is -16.4. The van der Waals surface area contributed by atoms with Gasteiger partial charge in [0.1, 0.15) is 0 Å². The van der Waals surface area contributed by atoms with Crippen molar-refractivity contribution in [2.75, 3.05) is 0 Å². The number of aryl methyl sites for hydroxylation is 1. The zero-order valence-electron chi connectivity index (χ0n) is 73.4. The van der Waals surface area contributed by atoms with Gasteiger partial charge in [0.25, 0.3) is 0 Å². The predicted molar refractivity (Wildman–Crippen MR) is 553 cm³/mol. The third-order valence-electron chi connectivity index (χ3n) is 27.5. The van der Waals surface area contributed by atoms with Gasteiger partial charge >= 0.3 is 0 Å². The topological polar surface area (TPSA) is 0 Å². The normalized spacial score (nSPS) is 12.5. The van der Waals surface area contributed by atoms with Gasteiger partial charge < -0.3 is 0 Å². The molecule has 616 valence electrons. The molecule has 0 aliphatic heterocycles. The van der Waals surface area contributed by atoms with E-state index in [1.807, 2.05) is 0 Å². The summed E-state index contributed by atoms with van der Waals surface area (Å²) < 4.78 is 0. The van der Waals surface area contributed by atoms with Gasteiger partial charge in [-0.2, -0.15) is 0 Å². The van der Waals surface area contributed by atoms with E-state index in [0.717, 1.165) is 100 Å². The van der Waals surface area contributed by atoms with Crippen molar-refractivity contribution < 1.29 is 0 Å². The number of hydrogen-bond donors (Lipinski definition) is 0. The first-order valence-corrected chi connectivity index (χ1v) is 45.7. The summed E-state index contributed by atoms with van der Waals surface area (Å²) in [5.41, 5.74) is 49.3. The summed E-state index contributed by atoms with van der Waals surface area (Å²) in [6.07, 6.45) is 0. The fourth-order valence-electron chi connectivity index (χ4n) is 21.0. The lowest BCUT2D eigenvalue weighted by Crippen LogP contribution is -2.29. The third-order valence-corrected chi connectivity index (χ3v) is 27.5. The van der Waals surface area contributed by atoms with Crippen LogP contribution >= 0.6 is 0 Å². The van der Waals surface area contributed by atoms with E-state index < -0.39 is 5.41 Å². The monoisotopic (exact) mass is 1660 g/mol. The summed E-state index contributed by atoms with van der Waals surface area (Å²) in [6.45, 7) is 7.23. The van der Waals surface area contributed by atoms with Crippen LogP contribution in [0.3, 0.4) is 0 Å². The molecule has 0 heterocycles. The van der Waals surface area contributed by atoms with Crippen LogP contribution in [0.2, 0.25) is 0 Å². The zero-order valence-corrected chi connectivity index (χ0v) is 73.4. The van der Waals surface area contributed by atoms with Gasteiger partial charge in [0.15, 0.2) is 0 Å². The van der Waals surface area contributed by atoms with Crippen LogP contribution < -0.4 is 0 Å². The Morgan fingerprint density at radius 1 is 0.130 bits per heavy atom. The Morgan fingerprint density at radius 3 is 0.573 bits per heavy atom. The van der Waals surface area contributed by atoms with E-state index >= 15 is 0 Å². The first-order chi connectivity index (χ1) is 64.5. The Bertz CT molecular complexity index is 6920. The third kappa shape index (κ3) is 14.8. The van der Waals surface area contributed by atoms with Gasteiger partial charge in [-0.05, 0) is 380 Å². The van der Waals surface area contributed by atoms with Crippen LogP contribution in [0, 0.1) is 6.92 Å². The van der Waals surface area contributed by atoms with Crippen molar-refractivity contribution in [2.45, 2.75) is 31.6 Å². The van der Waals surface area contributed by atoms with E-state index in [0.29, 0.717) is 0 Å². The number of fused-ring (bicyclic) bond motifs is 7. The number of rotatable bonds is 18. The van der Waals surface area contributed by atoms with Crippen molar-refractivity contribution in [1.29, 1.82) is 0 Å². The molecule has 0 heteroatoms. The molecule has 21 aromatic carbocycles. The van der Waals surface area contributed by atoms with Crippen LogP contribution in [-0.4, -0.2) is 0 Å². The number of benzene rings is 21.